The highest BCUT2D eigenvalue weighted by Crippen LogP contribution is 2.12. The first-order valence-electron chi connectivity index (χ1n) is 6.07. The molecule has 1 aliphatic heterocycles. The largest absolute Gasteiger partial charge is 0.311 e. The van der Waals surface area contributed by atoms with Gasteiger partial charge in [0.15, 0.2) is 0 Å². The van der Waals surface area contributed by atoms with Crippen molar-refractivity contribution in [2.24, 2.45) is 0 Å². The molecule has 0 bridgehead atoms. The maximum absolute atomic E-state index is 11.2. The van der Waals surface area contributed by atoms with Crippen LogP contribution in [0.25, 0.3) is 0 Å². The normalized spacial score (nSPS) is 28.2. The molecule has 5 heteroatoms. The van der Waals surface area contributed by atoms with Gasteiger partial charge < -0.3 is 5.32 Å². The number of rotatable bonds is 5. The molecule has 1 heterocycles. The predicted molar refractivity (Wildman–Crippen MR) is 67.4 cm³/mol. The monoisotopic (exact) mass is 248 g/mol. The van der Waals surface area contributed by atoms with Gasteiger partial charge in [0, 0.05) is 38.0 Å². The molecular weight excluding hydrogens is 224 g/mol. The van der Waals surface area contributed by atoms with Gasteiger partial charge in [0.25, 0.3) is 0 Å². The highest BCUT2D eigenvalue weighted by atomic mass is 32.2. The van der Waals surface area contributed by atoms with Crippen molar-refractivity contribution in [3.63, 3.8) is 0 Å². The molecule has 1 saturated heterocycles. The van der Waals surface area contributed by atoms with E-state index in [4.69, 9.17) is 0 Å². The van der Waals surface area contributed by atoms with Gasteiger partial charge in [0.05, 0.1) is 5.75 Å². The molecule has 4 nitrogen and oxygen atoms in total. The van der Waals surface area contributed by atoms with Gasteiger partial charge in [-0.25, -0.2) is 8.42 Å². The molecule has 1 fully saturated rings. The van der Waals surface area contributed by atoms with E-state index in [2.05, 4.69) is 24.1 Å². The Balaban J connectivity index is 2.50. The van der Waals surface area contributed by atoms with Gasteiger partial charge in [-0.05, 0) is 13.3 Å². The quantitative estimate of drug-likeness (QED) is 0.769. The number of nitrogens with one attached hydrogen (secondary N) is 1. The molecule has 96 valence electrons. The molecule has 16 heavy (non-hydrogen) atoms. The zero-order chi connectivity index (χ0) is 12.2. The minimum atomic E-state index is -2.84. The van der Waals surface area contributed by atoms with E-state index in [1.807, 2.05) is 0 Å². The summed E-state index contributed by atoms with van der Waals surface area (Å²) in [5, 5.41) is 3.45. The molecule has 0 radical (unpaired) electrons. The lowest BCUT2D eigenvalue weighted by Crippen LogP contribution is -2.56. The lowest BCUT2D eigenvalue weighted by Gasteiger charge is -2.39. The van der Waals surface area contributed by atoms with Crippen molar-refractivity contribution in [2.75, 3.05) is 31.6 Å². The Morgan fingerprint density at radius 3 is 2.69 bits per heavy atom. The fourth-order valence-electron chi connectivity index (χ4n) is 2.21. The summed E-state index contributed by atoms with van der Waals surface area (Å²) in [6.07, 6.45) is 3.60. The average Bonchev–Trinajstić information content (AvgIpc) is 2.17. The fourth-order valence-corrected chi connectivity index (χ4v) is 2.77. The molecule has 0 amide bonds. The summed E-state index contributed by atoms with van der Waals surface area (Å²) >= 11 is 0. The Kier molecular flexibility index (Phi) is 5.21. The van der Waals surface area contributed by atoms with E-state index in [1.54, 1.807) is 0 Å². The fraction of sp³-hybridized carbons (Fsp3) is 1.00. The summed E-state index contributed by atoms with van der Waals surface area (Å²) in [5.74, 6) is 0.278. The van der Waals surface area contributed by atoms with Gasteiger partial charge in [0.2, 0.25) is 0 Å². The molecule has 0 spiro atoms. The van der Waals surface area contributed by atoms with Gasteiger partial charge in [-0.3, -0.25) is 4.90 Å². The van der Waals surface area contributed by atoms with E-state index in [-0.39, 0.29) is 5.75 Å². The second-order valence-electron chi connectivity index (χ2n) is 4.88. The number of sulfone groups is 1. The van der Waals surface area contributed by atoms with Crippen molar-refractivity contribution in [1.82, 2.24) is 10.2 Å². The van der Waals surface area contributed by atoms with Crippen LogP contribution in [0.3, 0.4) is 0 Å². The Bertz CT molecular complexity index is 303. The second kappa shape index (κ2) is 5.98. The number of piperazine rings is 1. The van der Waals surface area contributed by atoms with Gasteiger partial charge in [-0.2, -0.15) is 0 Å². The van der Waals surface area contributed by atoms with Crippen molar-refractivity contribution < 1.29 is 8.42 Å². The smallest absolute Gasteiger partial charge is 0.148 e. The Morgan fingerprint density at radius 2 is 2.12 bits per heavy atom. The maximum atomic E-state index is 11.2. The third-order valence-electron chi connectivity index (χ3n) is 3.10. The molecule has 0 aromatic rings. The van der Waals surface area contributed by atoms with E-state index in [0.717, 1.165) is 25.9 Å². The van der Waals surface area contributed by atoms with Crippen LogP contribution in [0.1, 0.15) is 26.7 Å². The predicted octanol–water partition coefficient (Wildman–Crippen LogP) is 0.493. The van der Waals surface area contributed by atoms with Crippen LogP contribution in [0.5, 0.6) is 0 Å². The molecule has 1 aliphatic rings. The summed E-state index contributed by atoms with van der Waals surface area (Å²) < 4.78 is 22.4. The zero-order valence-electron chi connectivity index (χ0n) is 10.6. The van der Waals surface area contributed by atoms with Gasteiger partial charge in [-0.1, -0.05) is 13.3 Å². The highest BCUT2D eigenvalue weighted by Gasteiger charge is 2.25. The summed E-state index contributed by atoms with van der Waals surface area (Å²) in [5.41, 5.74) is 0. The van der Waals surface area contributed by atoms with Crippen molar-refractivity contribution in [3.05, 3.63) is 0 Å². The summed E-state index contributed by atoms with van der Waals surface area (Å²) in [6, 6.07) is 0.968. The third-order valence-corrected chi connectivity index (χ3v) is 4.02. The van der Waals surface area contributed by atoms with Crippen LogP contribution in [-0.2, 0) is 9.84 Å². The Morgan fingerprint density at radius 1 is 1.44 bits per heavy atom. The number of hydrogen-bond donors (Lipinski definition) is 1. The van der Waals surface area contributed by atoms with E-state index in [0.29, 0.717) is 18.6 Å². The Labute approximate surface area is 99.3 Å². The molecular formula is C11H24N2O2S. The van der Waals surface area contributed by atoms with E-state index in [9.17, 15) is 8.42 Å². The zero-order valence-corrected chi connectivity index (χ0v) is 11.4. The molecule has 2 unspecified atom stereocenters. The number of nitrogens with zero attached hydrogens (tertiary/aromatic N) is 1. The standard InChI is InChI=1S/C11H24N2O2S/c1-4-5-11-8-12-10(2)9-13(11)6-7-16(3,14)15/h10-12H,4-9H2,1-3H3. The summed E-state index contributed by atoms with van der Waals surface area (Å²) in [6.45, 7) is 6.94. The van der Waals surface area contributed by atoms with Crippen molar-refractivity contribution in [1.29, 1.82) is 0 Å². The maximum Gasteiger partial charge on any atom is 0.148 e. The van der Waals surface area contributed by atoms with E-state index < -0.39 is 9.84 Å². The molecule has 0 aromatic heterocycles. The van der Waals surface area contributed by atoms with Crippen LogP contribution in [0, 0.1) is 0 Å². The molecule has 2 atom stereocenters. The lowest BCUT2D eigenvalue weighted by atomic mass is 10.1. The molecule has 1 rings (SSSR count). The van der Waals surface area contributed by atoms with Gasteiger partial charge >= 0.3 is 0 Å². The first-order valence-corrected chi connectivity index (χ1v) is 8.13. The SMILES string of the molecule is CCCC1CNC(C)CN1CCS(C)(=O)=O. The van der Waals surface area contributed by atoms with Crippen molar-refractivity contribution in [3.8, 4) is 0 Å². The first-order chi connectivity index (χ1) is 7.42. The van der Waals surface area contributed by atoms with E-state index >= 15 is 0 Å². The van der Waals surface area contributed by atoms with Crippen LogP contribution in [0.4, 0.5) is 0 Å². The minimum absolute atomic E-state index is 0.278. The van der Waals surface area contributed by atoms with Crippen LogP contribution in [0.2, 0.25) is 0 Å². The van der Waals surface area contributed by atoms with Crippen LogP contribution >= 0.6 is 0 Å². The van der Waals surface area contributed by atoms with Gasteiger partial charge in [0.1, 0.15) is 9.84 Å². The van der Waals surface area contributed by atoms with Crippen LogP contribution < -0.4 is 5.32 Å². The lowest BCUT2D eigenvalue weighted by molar-refractivity contribution is 0.135. The average molecular weight is 248 g/mol. The van der Waals surface area contributed by atoms with Gasteiger partial charge in [-0.15, -0.1) is 0 Å². The summed E-state index contributed by atoms with van der Waals surface area (Å²) in [4.78, 5) is 2.33. The molecule has 0 saturated carbocycles. The topological polar surface area (TPSA) is 49.4 Å². The molecule has 1 N–H and O–H groups in total. The molecule has 0 aromatic carbocycles. The summed E-state index contributed by atoms with van der Waals surface area (Å²) in [7, 11) is -2.84. The van der Waals surface area contributed by atoms with Crippen molar-refractivity contribution >= 4 is 9.84 Å². The van der Waals surface area contributed by atoms with Crippen LogP contribution in [0.15, 0.2) is 0 Å². The Hall–Kier alpha value is -0.130. The minimum Gasteiger partial charge on any atom is -0.311 e. The van der Waals surface area contributed by atoms with Crippen LogP contribution in [-0.4, -0.2) is 57.0 Å². The highest BCUT2D eigenvalue weighted by molar-refractivity contribution is 7.90. The number of hydrogen-bond acceptors (Lipinski definition) is 4. The third kappa shape index (κ3) is 4.80. The first kappa shape index (κ1) is 13.9. The molecule has 0 aliphatic carbocycles. The second-order valence-corrected chi connectivity index (χ2v) is 7.14. The van der Waals surface area contributed by atoms with E-state index in [1.165, 1.54) is 6.26 Å². The van der Waals surface area contributed by atoms with Crippen molar-refractivity contribution in [2.45, 2.75) is 38.8 Å².